The first-order chi connectivity index (χ1) is 9.86. The van der Waals surface area contributed by atoms with Crippen molar-refractivity contribution in [3.05, 3.63) is 62.3 Å². The molecule has 0 aliphatic rings. The maximum atomic E-state index is 13.2. The first kappa shape index (κ1) is 15.7. The summed E-state index contributed by atoms with van der Waals surface area (Å²) < 4.78 is 14.6. The lowest BCUT2D eigenvalue weighted by Crippen LogP contribution is -2.15. The number of halogens is 3. The van der Waals surface area contributed by atoms with Crippen molar-refractivity contribution in [3.63, 3.8) is 0 Å². The number of amides is 1. The normalized spacial score (nSPS) is 10.2. The molecule has 0 heterocycles. The summed E-state index contributed by atoms with van der Waals surface area (Å²) in [6.07, 6.45) is 0. The second kappa shape index (κ2) is 6.36. The van der Waals surface area contributed by atoms with E-state index in [4.69, 9.17) is 5.11 Å². The van der Waals surface area contributed by atoms with E-state index in [-0.39, 0.29) is 11.3 Å². The Bertz CT molecular complexity index is 714. The zero-order valence-electron chi connectivity index (χ0n) is 10.4. The molecule has 0 radical (unpaired) electrons. The Balaban J connectivity index is 2.35. The molecule has 0 aliphatic heterocycles. The number of carbonyl (C=O) groups excluding carboxylic acids is 1. The monoisotopic (exact) mass is 415 g/mol. The second-order valence-corrected chi connectivity index (χ2v) is 5.94. The number of nitrogens with one attached hydrogen (secondary N) is 1. The minimum absolute atomic E-state index is 0.0939. The highest BCUT2D eigenvalue weighted by Gasteiger charge is 2.15. The first-order valence-corrected chi connectivity index (χ1v) is 7.25. The van der Waals surface area contributed by atoms with Gasteiger partial charge < -0.3 is 10.4 Å². The van der Waals surface area contributed by atoms with Crippen LogP contribution in [0.1, 0.15) is 20.7 Å². The number of carbonyl (C=O) groups is 2. The lowest BCUT2D eigenvalue weighted by Gasteiger charge is -2.09. The standard InChI is InChI=1S/C14H8Br2FNO3/c15-8-3-7(4-9(16)5-8)13(19)18-12-6-10(17)1-2-11(12)14(20)21/h1-6H,(H,18,19)(H,20,21). The van der Waals surface area contributed by atoms with Crippen molar-refractivity contribution in [1.29, 1.82) is 0 Å². The number of anilines is 1. The molecule has 0 atom stereocenters. The molecular formula is C14H8Br2FNO3. The summed E-state index contributed by atoms with van der Waals surface area (Å²) >= 11 is 6.50. The van der Waals surface area contributed by atoms with Crippen molar-refractivity contribution in [2.45, 2.75) is 0 Å². The average Bonchev–Trinajstić information content (AvgIpc) is 2.37. The van der Waals surface area contributed by atoms with Gasteiger partial charge in [0.25, 0.3) is 5.91 Å². The van der Waals surface area contributed by atoms with Crippen LogP contribution in [0.2, 0.25) is 0 Å². The van der Waals surface area contributed by atoms with Gasteiger partial charge in [-0.25, -0.2) is 9.18 Å². The van der Waals surface area contributed by atoms with Crippen molar-refractivity contribution < 1.29 is 19.1 Å². The molecule has 2 aromatic carbocycles. The topological polar surface area (TPSA) is 66.4 Å². The number of rotatable bonds is 3. The quantitative estimate of drug-likeness (QED) is 0.783. The molecule has 4 nitrogen and oxygen atoms in total. The minimum atomic E-state index is -1.25. The number of hydrogen-bond donors (Lipinski definition) is 2. The molecule has 0 bridgehead atoms. The molecule has 108 valence electrons. The molecule has 1 amide bonds. The van der Waals surface area contributed by atoms with Gasteiger partial charge in [0.2, 0.25) is 0 Å². The fourth-order valence-corrected chi connectivity index (χ4v) is 2.98. The van der Waals surface area contributed by atoms with Gasteiger partial charge in [0.15, 0.2) is 0 Å². The maximum Gasteiger partial charge on any atom is 0.337 e. The molecule has 2 N–H and O–H groups in total. The van der Waals surface area contributed by atoms with Crippen molar-refractivity contribution in [2.75, 3.05) is 5.32 Å². The van der Waals surface area contributed by atoms with E-state index < -0.39 is 17.7 Å². The van der Waals surface area contributed by atoms with Crippen LogP contribution in [-0.2, 0) is 0 Å². The van der Waals surface area contributed by atoms with E-state index in [1.165, 1.54) is 0 Å². The Morgan fingerprint density at radius 2 is 1.67 bits per heavy atom. The van der Waals surface area contributed by atoms with E-state index in [1.54, 1.807) is 18.2 Å². The fraction of sp³-hybridized carbons (Fsp3) is 0. The number of carboxylic acids is 1. The molecule has 2 aromatic rings. The molecule has 7 heteroatoms. The van der Waals surface area contributed by atoms with Crippen LogP contribution in [0.4, 0.5) is 10.1 Å². The molecule has 0 fully saturated rings. The summed E-state index contributed by atoms with van der Waals surface area (Å²) in [5.74, 6) is -2.42. The van der Waals surface area contributed by atoms with Gasteiger partial charge in [-0.05, 0) is 36.4 Å². The van der Waals surface area contributed by atoms with Crippen molar-refractivity contribution in [3.8, 4) is 0 Å². The highest BCUT2D eigenvalue weighted by atomic mass is 79.9. The molecule has 0 saturated heterocycles. The number of aromatic carboxylic acids is 1. The average molecular weight is 417 g/mol. The molecule has 0 saturated carbocycles. The van der Waals surface area contributed by atoms with Crippen molar-refractivity contribution in [2.24, 2.45) is 0 Å². The van der Waals surface area contributed by atoms with Gasteiger partial charge >= 0.3 is 5.97 Å². The summed E-state index contributed by atoms with van der Waals surface area (Å²) in [5.41, 5.74) is 0.0271. The van der Waals surface area contributed by atoms with E-state index in [0.29, 0.717) is 14.5 Å². The Morgan fingerprint density at radius 1 is 1.05 bits per heavy atom. The van der Waals surface area contributed by atoms with Crippen molar-refractivity contribution in [1.82, 2.24) is 0 Å². The highest BCUT2D eigenvalue weighted by molar-refractivity contribution is 9.11. The van der Waals surface area contributed by atoms with Gasteiger partial charge in [-0.3, -0.25) is 4.79 Å². The summed E-state index contributed by atoms with van der Waals surface area (Å²) in [4.78, 5) is 23.2. The molecular weight excluding hydrogens is 409 g/mol. The third kappa shape index (κ3) is 3.89. The van der Waals surface area contributed by atoms with Gasteiger partial charge in [0.1, 0.15) is 5.82 Å². The Hall–Kier alpha value is -1.73. The van der Waals surface area contributed by atoms with Gasteiger partial charge in [0, 0.05) is 14.5 Å². The first-order valence-electron chi connectivity index (χ1n) is 5.67. The van der Waals surface area contributed by atoms with Crippen molar-refractivity contribution >= 4 is 49.4 Å². The lowest BCUT2D eigenvalue weighted by atomic mass is 10.1. The van der Waals surface area contributed by atoms with E-state index in [9.17, 15) is 14.0 Å². The van der Waals surface area contributed by atoms with E-state index in [0.717, 1.165) is 18.2 Å². The Kier molecular flexibility index (Phi) is 4.74. The molecule has 2 rings (SSSR count). The minimum Gasteiger partial charge on any atom is -0.478 e. The van der Waals surface area contributed by atoms with Crippen LogP contribution < -0.4 is 5.32 Å². The van der Waals surface area contributed by atoms with Crippen LogP contribution in [-0.4, -0.2) is 17.0 Å². The fourth-order valence-electron chi connectivity index (χ4n) is 1.69. The smallest absolute Gasteiger partial charge is 0.337 e. The maximum absolute atomic E-state index is 13.2. The van der Waals surface area contributed by atoms with Gasteiger partial charge in [-0.2, -0.15) is 0 Å². The van der Waals surface area contributed by atoms with Crippen LogP contribution in [0, 0.1) is 5.82 Å². The molecule has 0 unspecified atom stereocenters. The summed E-state index contributed by atoms with van der Waals surface area (Å²) in [6.45, 7) is 0. The second-order valence-electron chi connectivity index (χ2n) is 4.11. The number of benzene rings is 2. The van der Waals surface area contributed by atoms with Crippen LogP contribution in [0.5, 0.6) is 0 Å². The predicted molar refractivity (Wildman–Crippen MR) is 83.2 cm³/mol. The van der Waals surface area contributed by atoms with Gasteiger partial charge in [0.05, 0.1) is 11.3 Å². The van der Waals surface area contributed by atoms with Crippen LogP contribution >= 0.6 is 31.9 Å². The van der Waals surface area contributed by atoms with Gasteiger partial charge in [-0.1, -0.05) is 31.9 Å². The third-order valence-corrected chi connectivity index (χ3v) is 3.50. The Morgan fingerprint density at radius 3 is 2.24 bits per heavy atom. The predicted octanol–water partition coefficient (Wildman–Crippen LogP) is 4.30. The number of hydrogen-bond acceptors (Lipinski definition) is 2. The molecule has 0 aromatic heterocycles. The zero-order chi connectivity index (χ0) is 15.6. The SMILES string of the molecule is O=C(Nc1cc(F)ccc1C(=O)O)c1cc(Br)cc(Br)c1. The van der Waals surface area contributed by atoms with E-state index in [1.807, 2.05) is 0 Å². The van der Waals surface area contributed by atoms with E-state index in [2.05, 4.69) is 37.2 Å². The molecule has 21 heavy (non-hydrogen) atoms. The van der Waals surface area contributed by atoms with E-state index >= 15 is 0 Å². The lowest BCUT2D eigenvalue weighted by molar-refractivity contribution is 0.0698. The summed E-state index contributed by atoms with van der Waals surface area (Å²) in [5, 5.41) is 11.4. The number of carboxylic acid groups (broad SMARTS) is 1. The van der Waals surface area contributed by atoms with Crippen LogP contribution in [0.15, 0.2) is 45.3 Å². The molecule has 0 spiro atoms. The van der Waals surface area contributed by atoms with Crippen LogP contribution in [0.3, 0.4) is 0 Å². The largest absolute Gasteiger partial charge is 0.478 e. The summed E-state index contributed by atoms with van der Waals surface area (Å²) in [7, 11) is 0. The van der Waals surface area contributed by atoms with Gasteiger partial charge in [-0.15, -0.1) is 0 Å². The highest BCUT2D eigenvalue weighted by Crippen LogP contribution is 2.22. The third-order valence-electron chi connectivity index (χ3n) is 2.58. The molecule has 0 aliphatic carbocycles. The zero-order valence-corrected chi connectivity index (χ0v) is 13.5. The summed E-state index contributed by atoms with van der Waals surface area (Å²) in [6, 6.07) is 7.98. The Labute approximate surface area is 136 Å². The van der Waals surface area contributed by atoms with Crippen LogP contribution in [0.25, 0.3) is 0 Å².